The molecule has 0 spiro atoms. The first-order valence-corrected chi connectivity index (χ1v) is 12.1. The molecule has 2 aliphatic rings. The molecule has 1 aliphatic carbocycles. The topological polar surface area (TPSA) is 43.3 Å². The molecule has 1 aliphatic heterocycles. The van der Waals surface area contributed by atoms with E-state index in [4.69, 9.17) is 4.74 Å². The normalized spacial score (nSPS) is 20.0. The lowest BCUT2D eigenvalue weighted by molar-refractivity contribution is -0.942. The molecule has 4 rings (SSSR count). The van der Waals surface area contributed by atoms with Crippen molar-refractivity contribution in [2.45, 2.75) is 64.3 Å². The fourth-order valence-electron chi connectivity index (χ4n) is 4.75. The van der Waals surface area contributed by atoms with Crippen molar-refractivity contribution in [3.8, 4) is 0 Å². The minimum Gasteiger partial charge on any atom is -0.382 e. The van der Waals surface area contributed by atoms with Gasteiger partial charge in [-0.05, 0) is 28.7 Å². The third-order valence-corrected chi connectivity index (χ3v) is 6.88. The number of morpholine rings is 1. The summed E-state index contributed by atoms with van der Waals surface area (Å²) in [4.78, 5) is 3.03. The molecule has 0 radical (unpaired) electrons. The summed E-state index contributed by atoms with van der Waals surface area (Å²) in [7, 11) is 0. The van der Waals surface area contributed by atoms with Gasteiger partial charge in [0.1, 0.15) is 32.7 Å². The van der Waals surface area contributed by atoms with Crippen LogP contribution in [0.15, 0.2) is 42.6 Å². The number of nitrogens with zero attached hydrogens (tertiary/aromatic N) is 1. The van der Waals surface area contributed by atoms with E-state index in [0.29, 0.717) is 6.04 Å². The van der Waals surface area contributed by atoms with Crippen LogP contribution in [-0.2, 0) is 23.2 Å². The van der Waals surface area contributed by atoms with Crippen molar-refractivity contribution < 1.29 is 19.6 Å². The second kappa shape index (κ2) is 9.86. The van der Waals surface area contributed by atoms with Crippen LogP contribution in [-0.4, -0.2) is 61.2 Å². The molecule has 1 saturated heterocycles. The molecule has 5 nitrogen and oxygen atoms in total. The van der Waals surface area contributed by atoms with Crippen molar-refractivity contribution in [2.24, 2.45) is 0 Å². The van der Waals surface area contributed by atoms with Crippen LogP contribution in [0.1, 0.15) is 50.4 Å². The van der Waals surface area contributed by atoms with Crippen LogP contribution in [0.5, 0.6) is 0 Å². The van der Waals surface area contributed by atoms with E-state index >= 15 is 0 Å². The van der Waals surface area contributed by atoms with Gasteiger partial charge in [0.15, 0.2) is 6.10 Å². The SMILES string of the molecule is CC(C)(C)c1ccc(Cn2cccc2C[NH+](C[C@@H](O)C[NH+]2CCOCC2)C2CC2)cc1. The number of hydrogen-bond donors (Lipinski definition) is 3. The van der Waals surface area contributed by atoms with Crippen molar-refractivity contribution in [1.82, 2.24) is 4.57 Å². The monoisotopic (exact) mass is 427 g/mol. The summed E-state index contributed by atoms with van der Waals surface area (Å²) in [6, 6.07) is 14.2. The summed E-state index contributed by atoms with van der Waals surface area (Å²) in [6.07, 6.45) is 4.55. The lowest BCUT2D eigenvalue weighted by atomic mass is 9.87. The van der Waals surface area contributed by atoms with E-state index in [1.807, 2.05) is 0 Å². The van der Waals surface area contributed by atoms with E-state index in [1.165, 1.54) is 34.6 Å². The average Bonchev–Trinajstić information content (AvgIpc) is 3.50. The summed E-state index contributed by atoms with van der Waals surface area (Å²) in [6.45, 7) is 14.1. The van der Waals surface area contributed by atoms with E-state index in [0.717, 1.165) is 52.5 Å². The highest BCUT2D eigenvalue weighted by molar-refractivity contribution is 5.28. The highest BCUT2D eigenvalue weighted by Crippen LogP contribution is 2.22. The van der Waals surface area contributed by atoms with Gasteiger partial charge in [-0.1, -0.05) is 45.0 Å². The Morgan fingerprint density at radius 1 is 1.13 bits per heavy atom. The van der Waals surface area contributed by atoms with Gasteiger partial charge in [-0.25, -0.2) is 0 Å². The lowest BCUT2D eigenvalue weighted by Gasteiger charge is -2.28. The maximum atomic E-state index is 10.8. The second-order valence-corrected chi connectivity index (χ2v) is 10.6. The molecule has 1 aromatic heterocycles. The minimum atomic E-state index is -0.239. The van der Waals surface area contributed by atoms with Gasteiger partial charge in [-0.3, -0.25) is 0 Å². The quantitative estimate of drug-likeness (QED) is 0.550. The third-order valence-electron chi connectivity index (χ3n) is 6.88. The zero-order valence-electron chi connectivity index (χ0n) is 19.6. The maximum absolute atomic E-state index is 10.8. The molecule has 1 aromatic carbocycles. The lowest BCUT2D eigenvalue weighted by Crippen LogP contribution is -3.18. The summed E-state index contributed by atoms with van der Waals surface area (Å²) >= 11 is 0. The Kier molecular flexibility index (Phi) is 7.17. The molecule has 1 unspecified atom stereocenters. The van der Waals surface area contributed by atoms with Gasteiger partial charge < -0.3 is 24.2 Å². The molecule has 2 atom stereocenters. The Bertz CT molecular complexity index is 814. The molecule has 2 aromatic rings. The molecule has 31 heavy (non-hydrogen) atoms. The molecule has 1 saturated carbocycles. The molecule has 0 amide bonds. The molecule has 2 heterocycles. The average molecular weight is 428 g/mol. The van der Waals surface area contributed by atoms with Crippen LogP contribution in [0.3, 0.4) is 0 Å². The number of nitrogens with one attached hydrogen (secondary N) is 2. The van der Waals surface area contributed by atoms with Crippen molar-refractivity contribution in [3.05, 3.63) is 59.4 Å². The molecule has 170 valence electrons. The molecule has 2 fully saturated rings. The smallest absolute Gasteiger partial charge is 0.152 e. The Hall–Kier alpha value is -1.66. The number of benzene rings is 1. The van der Waals surface area contributed by atoms with Crippen molar-refractivity contribution in [1.29, 1.82) is 0 Å². The first kappa shape index (κ1) is 22.5. The predicted octanol–water partition coefficient (Wildman–Crippen LogP) is 0.657. The van der Waals surface area contributed by atoms with Crippen molar-refractivity contribution >= 4 is 0 Å². The minimum absolute atomic E-state index is 0.190. The van der Waals surface area contributed by atoms with E-state index in [2.05, 4.69) is 67.9 Å². The van der Waals surface area contributed by atoms with Crippen molar-refractivity contribution in [2.75, 3.05) is 39.4 Å². The number of aliphatic hydroxyl groups excluding tert-OH is 1. The Morgan fingerprint density at radius 3 is 2.48 bits per heavy atom. The number of quaternary nitrogens is 2. The highest BCUT2D eigenvalue weighted by Gasteiger charge is 2.35. The number of aliphatic hydroxyl groups is 1. The summed E-state index contributed by atoms with van der Waals surface area (Å²) in [5.74, 6) is 0. The molecule has 3 N–H and O–H groups in total. The van der Waals surface area contributed by atoms with Crippen LogP contribution < -0.4 is 9.80 Å². The zero-order valence-corrected chi connectivity index (χ0v) is 19.6. The summed E-state index contributed by atoms with van der Waals surface area (Å²) in [5.41, 5.74) is 4.28. The zero-order chi connectivity index (χ0) is 21.8. The van der Waals surface area contributed by atoms with Gasteiger partial charge in [-0.2, -0.15) is 0 Å². The number of hydrogen-bond acceptors (Lipinski definition) is 2. The number of ether oxygens (including phenoxy) is 1. The fraction of sp³-hybridized carbons (Fsp3) is 0.615. The van der Waals surface area contributed by atoms with Crippen LogP contribution in [0.4, 0.5) is 0 Å². The second-order valence-electron chi connectivity index (χ2n) is 10.6. The first-order valence-electron chi connectivity index (χ1n) is 12.1. The van der Waals surface area contributed by atoms with Crippen molar-refractivity contribution in [3.63, 3.8) is 0 Å². The third kappa shape index (κ3) is 6.42. The number of aromatic nitrogens is 1. The molecular formula is C26H41N3O2+2. The largest absolute Gasteiger partial charge is 0.382 e. The van der Waals surface area contributed by atoms with Crippen LogP contribution >= 0.6 is 0 Å². The van der Waals surface area contributed by atoms with Gasteiger partial charge in [-0.15, -0.1) is 0 Å². The van der Waals surface area contributed by atoms with E-state index in [-0.39, 0.29) is 11.5 Å². The maximum Gasteiger partial charge on any atom is 0.152 e. The van der Waals surface area contributed by atoms with Crippen LogP contribution in [0.25, 0.3) is 0 Å². The first-order chi connectivity index (χ1) is 14.9. The molecular weight excluding hydrogens is 386 g/mol. The van der Waals surface area contributed by atoms with Gasteiger partial charge in [0.2, 0.25) is 0 Å². The van der Waals surface area contributed by atoms with E-state index < -0.39 is 0 Å². The van der Waals surface area contributed by atoms with Gasteiger partial charge in [0.05, 0.1) is 24.9 Å². The Morgan fingerprint density at radius 2 is 1.84 bits per heavy atom. The standard InChI is InChI=1S/C26H39N3O2/c1-26(2,3)22-8-6-21(7-9-22)17-28-12-4-5-24(28)18-29(23-10-11-23)20-25(30)19-27-13-15-31-16-14-27/h4-9,12,23,25,30H,10-11,13-20H2,1-3H3/p+2/t25-/m0/s1. The van der Waals surface area contributed by atoms with Gasteiger partial charge >= 0.3 is 0 Å². The van der Waals surface area contributed by atoms with Crippen LogP contribution in [0.2, 0.25) is 0 Å². The highest BCUT2D eigenvalue weighted by atomic mass is 16.5. The van der Waals surface area contributed by atoms with Crippen LogP contribution in [0, 0.1) is 0 Å². The van der Waals surface area contributed by atoms with E-state index in [9.17, 15) is 5.11 Å². The molecule has 0 bridgehead atoms. The summed E-state index contributed by atoms with van der Waals surface area (Å²) in [5, 5.41) is 10.8. The summed E-state index contributed by atoms with van der Waals surface area (Å²) < 4.78 is 7.84. The van der Waals surface area contributed by atoms with E-state index in [1.54, 1.807) is 4.90 Å². The Labute approximate surface area is 187 Å². The predicted molar refractivity (Wildman–Crippen MR) is 124 cm³/mol. The van der Waals surface area contributed by atoms with Gasteiger partial charge in [0, 0.05) is 25.6 Å². The fourth-order valence-corrected chi connectivity index (χ4v) is 4.75. The Balaban J connectivity index is 1.36. The molecule has 5 heteroatoms. The van der Waals surface area contributed by atoms with Gasteiger partial charge in [0.25, 0.3) is 0 Å². The number of rotatable bonds is 9.